The van der Waals surface area contributed by atoms with Crippen molar-refractivity contribution in [2.45, 2.75) is 36.3 Å². The molecule has 2 nitrogen and oxygen atoms in total. The quantitative estimate of drug-likeness (QED) is 0.730. The lowest BCUT2D eigenvalue weighted by atomic mass is 9.96. The molecule has 2 atom stereocenters. The molecule has 2 aromatic carbocycles. The molecule has 4 heteroatoms. The van der Waals surface area contributed by atoms with Crippen LogP contribution in [0.15, 0.2) is 36.4 Å². The monoisotopic (exact) mass is 366 g/mol. The van der Waals surface area contributed by atoms with Crippen molar-refractivity contribution in [2.75, 3.05) is 5.75 Å². The summed E-state index contributed by atoms with van der Waals surface area (Å²) in [7, 11) is -3.00. The Labute approximate surface area is 134 Å². The Hall–Kier alpha value is -0.870. The first-order chi connectivity index (χ1) is 10.0. The van der Waals surface area contributed by atoms with Gasteiger partial charge in [0.2, 0.25) is 0 Å². The second-order valence-electron chi connectivity index (χ2n) is 5.82. The second kappa shape index (κ2) is 5.73. The van der Waals surface area contributed by atoms with Crippen LogP contribution >= 0.6 is 15.9 Å². The van der Waals surface area contributed by atoms with Crippen molar-refractivity contribution < 1.29 is 8.42 Å². The van der Waals surface area contributed by atoms with Gasteiger partial charge in [-0.1, -0.05) is 58.7 Å². The summed E-state index contributed by atoms with van der Waals surface area (Å²) in [6, 6.07) is 12.4. The lowest BCUT2D eigenvalue weighted by Crippen LogP contribution is -2.31. The molecule has 2 unspecified atom stereocenters. The summed E-state index contributed by atoms with van der Waals surface area (Å²) in [5, 5.41) is 2.05. The molecule has 1 fully saturated rings. The van der Waals surface area contributed by atoms with Crippen LogP contribution in [-0.2, 0) is 9.84 Å². The van der Waals surface area contributed by atoms with Gasteiger partial charge in [0.1, 0.15) is 0 Å². The predicted octanol–water partition coefficient (Wildman–Crippen LogP) is 4.55. The largest absolute Gasteiger partial charge is 0.228 e. The Morgan fingerprint density at radius 1 is 1.10 bits per heavy atom. The first-order valence-electron chi connectivity index (χ1n) is 7.34. The van der Waals surface area contributed by atoms with E-state index in [1.807, 2.05) is 12.1 Å². The summed E-state index contributed by atoms with van der Waals surface area (Å²) in [5.41, 5.74) is 2.31. The van der Waals surface area contributed by atoms with Gasteiger partial charge in [-0.2, -0.15) is 0 Å². The number of aryl methyl sites for hydroxylation is 1. The standard InChI is InChI=1S/C17H19BrO2S/c1-12-9-10-15(14-7-3-2-6-13(12)14)17(18)16-8-4-5-11-21(16,19)20/h2-3,6-7,9-10,16-17H,4-5,8,11H2,1H3. The van der Waals surface area contributed by atoms with Crippen molar-refractivity contribution in [2.24, 2.45) is 0 Å². The van der Waals surface area contributed by atoms with Gasteiger partial charge in [-0.3, -0.25) is 0 Å². The highest BCUT2D eigenvalue weighted by atomic mass is 79.9. The van der Waals surface area contributed by atoms with Gasteiger partial charge in [0.25, 0.3) is 0 Å². The minimum atomic E-state index is -3.00. The number of rotatable bonds is 2. The molecule has 2 aromatic rings. The lowest BCUT2D eigenvalue weighted by Gasteiger charge is -2.27. The van der Waals surface area contributed by atoms with Gasteiger partial charge >= 0.3 is 0 Å². The zero-order valence-electron chi connectivity index (χ0n) is 12.0. The molecule has 0 bridgehead atoms. The van der Waals surface area contributed by atoms with Gasteiger partial charge < -0.3 is 0 Å². The highest BCUT2D eigenvalue weighted by Gasteiger charge is 2.35. The normalized spacial score (nSPS) is 23.0. The van der Waals surface area contributed by atoms with Crippen molar-refractivity contribution in [1.29, 1.82) is 0 Å². The smallest absolute Gasteiger partial charge is 0.154 e. The van der Waals surface area contributed by atoms with E-state index >= 15 is 0 Å². The fourth-order valence-electron chi connectivity index (χ4n) is 3.22. The van der Waals surface area contributed by atoms with Crippen LogP contribution in [0.1, 0.15) is 35.2 Å². The average Bonchev–Trinajstić information content (AvgIpc) is 2.47. The minimum absolute atomic E-state index is 0.131. The highest BCUT2D eigenvalue weighted by Crippen LogP contribution is 2.40. The number of hydrogen-bond acceptors (Lipinski definition) is 2. The number of sulfone groups is 1. The number of hydrogen-bond donors (Lipinski definition) is 0. The Morgan fingerprint density at radius 3 is 2.52 bits per heavy atom. The molecule has 1 aliphatic rings. The number of alkyl halides is 1. The van der Waals surface area contributed by atoms with E-state index in [2.05, 4.69) is 47.1 Å². The highest BCUT2D eigenvalue weighted by molar-refractivity contribution is 9.09. The average molecular weight is 367 g/mol. The van der Waals surface area contributed by atoms with E-state index in [0.717, 1.165) is 30.2 Å². The summed E-state index contributed by atoms with van der Waals surface area (Å²) in [4.78, 5) is -0.131. The van der Waals surface area contributed by atoms with E-state index in [9.17, 15) is 8.42 Å². The third kappa shape index (κ3) is 2.76. The first-order valence-corrected chi connectivity index (χ1v) is 9.98. The van der Waals surface area contributed by atoms with Crippen LogP contribution < -0.4 is 0 Å². The van der Waals surface area contributed by atoms with Crippen molar-refractivity contribution in [1.82, 2.24) is 0 Å². The van der Waals surface area contributed by atoms with E-state index in [-0.39, 0.29) is 10.1 Å². The topological polar surface area (TPSA) is 34.1 Å². The molecule has 0 spiro atoms. The molecule has 0 aliphatic carbocycles. The summed E-state index contributed by atoms with van der Waals surface area (Å²) >= 11 is 3.69. The Bertz CT molecular complexity index is 767. The van der Waals surface area contributed by atoms with Gasteiger partial charge in [-0.25, -0.2) is 8.42 Å². The zero-order valence-corrected chi connectivity index (χ0v) is 14.5. The van der Waals surface area contributed by atoms with E-state index < -0.39 is 9.84 Å². The lowest BCUT2D eigenvalue weighted by molar-refractivity contribution is 0.537. The van der Waals surface area contributed by atoms with Crippen LogP contribution in [0.3, 0.4) is 0 Å². The van der Waals surface area contributed by atoms with Gasteiger partial charge in [0.15, 0.2) is 9.84 Å². The van der Waals surface area contributed by atoms with E-state index in [1.165, 1.54) is 10.9 Å². The van der Waals surface area contributed by atoms with Gasteiger partial charge in [0.05, 0.1) is 15.8 Å². The van der Waals surface area contributed by atoms with Gasteiger partial charge in [0, 0.05) is 0 Å². The fourth-order valence-corrected chi connectivity index (χ4v) is 6.82. The van der Waals surface area contributed by atoms with Crippen LogP contribution in [0.5, 0.6) is 0 Å². The van der Waals surface area contributed by atoms with Crippen LogP contribution in [0.25, 0.3) is 10.8 Å². The first kappa shape index (κ1) is 15.0. The van der Waals surface area contributed by atoms with Crippen LogP contribution in [0.4, 0.5) is 0 Å². The van der Waals surface area contributed by atoms with Crippen LogP contribution in [0, 0.1) is 6.92 Å². The third-order valence-corrected chi connectivity index (χ3v) is 8.20. The SMILES string of the molecule is Cc1ccc(C(Br)C2CCCCS2(=O)=O)c2ccccc12. The molecular formula is C17H19BrO2S. The van der Waals surface area contributed by atoms with E-state index in [4.69, 9.17) is 0 Å². The molecule has 0 N–H and O–H groups in total. The van der Waals surface area contributed by atoms with Crippen molar-refractivity contribution in [3.05, 3.63) is 47.5 Å². The molecule has 0 saturated carbocycles. The molecule has 1 saturated heterocycles. The molecule has 0 radical (unpaired) electrons. The van der Waals surface area contributed by atoms with Crippen molar-refractivity contribution in [3.63, 3.8) is 0 Å². The van der Waals surface area contributed by atoms with Crippen LogP contribution in [-0.4, -0.2) is 19.4 Å². The summed E-state index contributed by atoms with van der Waals surface area (Å²) < 4.78 is 24.7. The summed E-state index contributed by atoms with van der Waals surface area (Å²) in [5.74, 6) is 0.323. The maximum Gasteiger partial charge on any atom is 0.154 e. The molecule has 1 heterocycles. The second-order valence-corrected chi connectivity index (χ2v) is 9.15. The molecule has 3 rings (SSSR count). The van der Waals surface area contributed by atoms with E-state index in [0.29, 0.717) is 5.75 Å². The maximum atomic E-state index is 12.4. The minimum Gasteiger partial charge on any atom is -0.228 e. The van der Waals surface area contributed by atoms with Gasteiger partial charge in [-0.15, -0.1) is 0 Å². The summed E-state index contributed by atoms with van der Waals surface area (Å²) in [6.07, 6.45) is 2.55. The Kier molecular flexibility index (Phi) is 4.10. The molecule has 0 aromatic heterocycles. The van der Waals surface area contributed by atoms with E-state index in [1.54, 1.807) is 0 Å². The van der Waals surface area contributed by atoms with Crippen molar-refractivity contribution in [3.8, 4) is 0 Å². The van der Waals surface area contributed by atoms with Crippen molar-refractivity contribution >= 4 is 36.5 Å². The Morgan fingerprint density at radius 2 is 1.81 bits per heavy atom. The zero-order chi connectivity index (χ0) is 15.0. The number of fused-ring (bicyclic) bond motifs is 1. The van der Waals surface area contributed by atoms with Crippen LogP contribution in [0.2, 0.25) is 0 Å². The predicted molar refractivity (Wildman–Crippen MR) is 91.8 cm³/mol. The Balaban J connectivity index is 2.10. The molecule has 1 aliphatic heterocycles. The maximum absolute atomic E-state index is 12.4. The molecule has 21 heavy (non-hydrogen) atoms. The number of benzene rings is 2. The number of halogens is 1. The molecule has 0 amide bonds. The van der Waals surface area contributed by atoms with Gasteiger partial charge in [-0.05, 0) is 41.7 Å². The summed E-state index contributed by atoms with van der Waals surface area (Å²) in [6.45, 7) is 2.09. The molecular weight excluding hydrogens is 348 g/mol. The third-order valence-electron chi connectivity index (χ3n) is 4.43. The fraction of sp³-hybridized carbons (Fsp3) is 0.412. The molecule has 112 valence electrons.